The van der Waals surface area contributed by atoms with Gasteiger partial charge in [-0.2, -0.15) is 4.98 Å². The van der Waals surface area contributed by atoms with E-state index in [9.17, 15) is 4.79 Å². The number of H-pyrrole nitrogens is 1. The Kier molecular flexibility index (Phi) is 4.55. The number of fused-ring (bicyclic) bond motifs is 2. The van der Waals surface area contributed by atoms with E-state index in [2.05, 4.69) is 20.3 Å². The lowest BCUT2D eigenvalue weighted by atomic mass is 10.0. The van der Waals surface area contributed by atoms with Crippen molar-refractivity contribution in [2.75, 3.05) is 18.5 Å². The van der Waals surface area contributed by atoms with Crippen LogP contribution in [-0.2, 0) is 6.54 Å². The second kappa shape index (κ2) is 7.51. The summed E-state index contributed by atoms with van der Waals surface area (Å²) >= 11 is 0. The van der Waals surface area contributed by atoms with E-state index in [1.54, 1.807) is 6.20 Å². The zero-order valence-electron chi connectivity index (χ0n) is 16.4. The maximum atomic E-state index is 12.9. The first-order valence-corrected chi connectivity index (χ1v) is 9.76. The summed E-state index contributed by atoms with van der Waals surface area (Å²) < 4.78 is 11.2. The van der Waals surface area contributed by atoms with Gasteiger partial charge in [-0.25, -0.2) is 4.98 Å². The zero-order valence-corrected chi connectivity index (χ0v) is 16.4. The average molecular weight is 400 g/mol. The molecular weight excluding hydrogens is 380 g/mol. The lowest BCUT2D eigenvalue weighted by molar-refractivity contribution is 0.171. The molecule has 0 fully saturated rings. The standard InChI is InChI=1S/C23H20N4O3/c1-14-2-5-16(6-3-14)17-8-9-24-21-20(17)22(28)27-23(26-21)25-13-15-4-7-18-19(12-15)30-11-10-29-18/h2-9,12H,10-11,13H2,1H3,(H2,24,25,26,27,28). The van der Waals surface area contributed by atoms with Gasteiger partial charge in [0.1, 0.15) is 13.2 Å². The second-order valence-electron chi connectivity index (χ2n) is 7.17. The van der Waals surface area contributed by atoms with Gasteiger partial charge in [-0.15, -0.1) is 0 Å². The van der Waals surface area contributed by atoms with Gasteiger partial charge in [0.25, 0.3) is 5.56 Å². The van der Waals surface area contributed by atoms with Gasteiger partial charge >= 0.3 is 0 Å². The molecule has 4 aromatic rings. The van der Waals surface area contributed by atoms with Crippen molar-refractivity contribution in [3.63, 3.8) is 0 Å². The number of nitrogens with one attached hydrogen (secondary N) is 2. The summed E-state index contributed by atoms with van der Waals surface area (Å²) in [6.07, 6.45) is 1.68. The fraction of sp³-hybridized carbons (Fsp3) is 0.174. The van der Waals surface area contributed by atoms with Crippen LogP contribution >= 0.6 is 0 Å². The van der Waals surface area contributed by atoms with E-state index < -0.39 is 0 Å². The molecule has 3 heterocycles. The quantitative estimate of drug-likeness (QED) is 0.543. The minimum Gasteiger partial charge on any atom is -0.486 e. The van der Waals surface area contributed by atoms with Crippen molar-refractivity contribution in [1.82, 2.24) is 15.0 Å². The molecule has 1 aliphatic rings. The van der Waals surface area contributed by atoms with Crippen LogP contribution in [0.3, 0.4) is 0 Å². The van der Waals surface area contributed by atoms with Crippen LogP contribution in [0.15, 0.2) is 59.5 Å². The van der Waals surface area contributed by atoms with E-state index >= 15 is 0 Å². The number of anilines is 1. The van der Waals surface area contributed by atoms with Crippen molar-refractivity contribution in [2.45, 2.75) is 13.5 Å². The average Bonchev–Trinajstić information content (AvgIpc) is 2.77. The first-order valence-electron chi connectivity index (χ1n) is 9.76. The number of nitrogens with zero attached hydrogens (tertiary/aromatic N) is 2. The molecule has 7 heteroatoms. The van der Waals surface area contributed by atoms with Gasteiger partial charge in [0.2, 0.25) is 5.95 Å². The minimum atomic E-state index is -0.228. The van der Waals surface area contributed by atoms with Gasteiger partial charge in [0.15, 0.2) is 17.1 Å². The summed E-state index contributed by atoms with van der Waals surface area (Å²) in [6, 6.07) is 15.6. The third kappa shape index (κ3) is 3.45. The Morgan fingerprint density at radius 3 is 2.67 bits per heavy atom. The summed E-state index contributed by atoms with van der Waals surface area (Å²) in [5, 5.41) is 3.64. The van der Waals surface area contributed by atoms with Crippen molar-refractivity contribution in [3.05, 3.63) is 76.2 Å². The van der Waals surface area contributed by atoms with Crippen LogP contribution in [0.25, 0.3) is 22.2 Å². The van der Waals surface area contributed by atoms with Gasteiger partial charge in [-0.3, -0.25) is 9.78 Å². The Morgan fingerprint density at radius 1 is 1.03 bits per heavy atom. The maximum absolute atomic E-state index is 12.9. The minimum absolute atomic E-state index is 0.228. The topological polar surface area (TPSA) is 89.1 Å². The van der Waals surface area contributed by atoms with E-state index in [4.69, 9.17) is 9.47 Å². The summed E-state index contributed by atoms with van der Waals surface area (Å²) in [4.78, 5) is 24.5. The molecule has 0 bridgehead atoms. The smallest absolute Gasteiger partial charge is 0.262 e. The summed E-state index contributed by atoms with van der Waals surface area (Å²) in [6.45, 7) is 3.61. The molecule has 5 rings (SSSR count). The number of hydrogen-bond donors (Lipinski definition) is 2. The molecule has 30 heavy (non-hydrogen) atoms. The van der Waals surface area contributed by atoms with E-state index in [-0.39, 0.29) is 5.56 Å². The van der Waals surface area contributed by atoms with Crippen LogP contribution < -0.4 is 20.3 Å². The van der Waals surface area contributed by atoms with Crippen molar-refractivity contribution in [2.24, 2.45) is 0 Å². The first kappa shape index (κ1) is 18.2. The molecule has 150 valence electrons. The molecule has 0 saturated heterocycles. The monoisotopic (exact) mass is 400 g/mol. The predicted molar refractivity (Wildman–Crippen MR) is 115 cm³/mol. The Morgan fingerprint density at radius 2 is 1.83 bits per heavy atom. The summed E-state index contributed by atoms with van der Waals surface area (Å²) in [7, 11) is 0. The highest BCUT2D eigenvalue weighted by atomic mass is 16.6. The zero-order chi connectivity index (χ0) is 20.5. The van der Waals surface area contributed by atoms with Crippen LogP contribution in [0.1, 0.15) is 11.1 Å². The van der Waals surface area contributed by atoms with Gasteiger partial charge < -0.3 is 14.8 Å². The van der Waals surface area contributed by atoms with Crippen LogP contribution in [0.5, 0.6) is 11.5 Å². The van der Waals surface area contributed by atoms with Crippen molar-refractivity contribution < 1.29 is 9.47 Å². The Bertz CT molecular complexity index is 1280. The van der Waals surface area contributed by atoms with E-state index in [0.29, 0.717) is 36.7 Å². The van der Waals surface area contributed by atoms with Crippen molar-refractivity contribution >= 4 is 17.0 Å². The SMILES string of the molecule is Cc1ccc(-c2ccnc3nc(NCc4ccc5c(c4)OCCO5)[nH]c(=O)c23)cc1. The fourth-order valence-corrected chi connectivity index (χ4v) is 3.50. The lowest BCUT2D eigenvalue weighted by Gasteiger charge is -2.19. The molecule has 0 spiro atoms. The Balaban J connectivity index is 1.44. The van der Waals surface area contributed by atoms with Crippen LogP contribution in [-0.4, -0.2) is 28.2 Å². The second-order valence-corrected chi connectivity index (χ2v) is 7.17. The molecule has 0 saturated carbocycles. The van der Waals surface area contributed by atoms with Crippen LogP contribution in [0.4, 0.5) is 5.95 Å². The third-order valence-electron chi connectivity index (χ3n) is 5.04. The van der Waals surface area contributed by atoms with Crippen molar-refractivity contribution in [3.8, 4) is 22.6 Å². The molecule has 2 aromatic carbocycles. The molecule has 2 N–H and O–H groups in total. The molecule has 0 atom stereocenters. The molecule has 0 aliphatic carbocycles. The largest absolute Gasteiger partial charge is 0.486 e. The van der Waals surface area contributed by atoms with Gasteiger partial charge in [-0.1, -0.05) is 35.9 Å². The normalized spacial score (nSPS) is 12.7. The number of benzene rings is 2. The lowest BCUT2D eigenvalue weighted by Crippen LogP contribution is -2.16. The number of aromatic nitrogens is 3. The van der Waals surface area contributed by atoms with Crippen molar-refractivity contribution in [1.29, 1.82) is 0 Å². The highest BCUT2D eigenvalue weighted by molar-refractivity contribution is 5.92. The number of rotatable bonds is 4. The van der Waals surface area contributed by atoms with Crippen LogP contribution in [0, 0.1) is 6.92 Å². The first-order chi connectivity index (χ1) is 14.7. The molecule has 0 radical (unpaired) electrons. The molecule has 0 unspecified atom stereocenters. The molecule has 7 nitrogen and oxygen atoms in total. The van der Waals surface area contributed by atoms with Crippen LogP contribution in [0.2, 0.25) is 0 Å². The Labute approximate surface area is 172 Å². The molecular formula is C23H20N4O3. The molecule has 1 aliphatic heterocycles. The maximum Gasteiger partial charge on any atom is 0.262 e. The van der Waals surface area contributed by atoms with Gasteiger partial charge in [-0.05, 0) is 41.8 Å². The fourth-order valence-electron chi connectivity index (χ4n) is 3.50. The predicted octanol–water partition coefficient (Wildman–Crippen LogP) is 3.68. The highest BCUT2D eigenvalue weighted by Crippen LogP contribution is 2.31. The van der Waals surface area contributed by atoms with E-state index in [1.807, 2.05) is 55.5 Å². The number of pyridine rings is 1. The number of ether oxygens (including phenoxy) is 2. The van der Waals surface area contributed by atoms with Gasteiger partial charge in [0.05, 0.1) is 5.39 Å². The van der Waals surface area contributed by atoms with Gasteiger partial charge in [0, 0.05) is 12.7 Å². The number of aromatic amines is 1. The number of aryl methyl sites for hydroxylation is 1. The van der Waals surface area contributed by atoms with E-state index in [0.717, 1.165) is 33.8 Å². The molecule has 0 amide bonds. The highest BCUT2D eigenvalue weighted by Gasteiger charge is 2.13. The third-order valence-corrected chi connectivity index (χ3v) is 5.04. The summed E-state index contributed by atoms with van der Waals surface area (Å²) in [5.41, 5.74) is 4.09. The Hall–Kier alpha value is -3.87. The summed E-state index contributed by atoms with van der Waals surface area (Å²) in [5.74, 6) is 1.84. The molecule has 2 aromatic heterocycles. The number of hydrogen-bond acceptors (Lipinski definition) is 6. The van der Waals surface area contributed by atoms with E-state index in [1.165, 1.54) is 0 Å².